The van der Waals surface area contributed by atoms with E-state index in [-0.39, 0.29) is 5.91 Å². The maximum absolute atomic E-state index is 12.1. The second-order valence-corrected chi connectivity index (χ2v) is 5.29. The van der Waals surface area contributed by atoms with Gasteiger partial charge in [-0.15, -0.1) is 0 Å². The third kappa shape index (κ3) is 4.62. The van der Waals surface area contributed by atoms with Gasteiger partial charge in [0.15, 0.2) is 0 Å². The normalized spacial score (nSPS) is 11.0. The van der Waals surface area contributed by atoms with Crippen molar-refractivity contribution in [2.24, 2.45) is 5.73 Å². The van der Waals surface area contributed by atoms with E-state index in [1.165, 1.54) is 0 Å². The first-order chi connectivity index (χ1) is 11.5. The fourth-order valence-electron chi connectivity index (χ4n) is 2.08. The zero-order valence-electron chi connectivity index (χ0n) is 13.4. The van der Waals surface area contributed by atoms with Crippen molar-refractivity contribution in [1.82, 2.24) is 5.32 Å². The number of anilines is 1. The van der Waals surface area contributed by atoms with Gasteiger partial charge in [0.1, 0.15) is 6.04 Å². The molecule has 0 aromatic heterocycles. The summed E-state index contributed by atoms with van der Waals surface area (Å²) < 4.78 is 0. The van der Waals surface area contributed by atoms with E-state index in [1.807, 2.05) is 12.1 Å². The third-order valence-electron chi connectivity index (χ3n) is 3.44. The van der Waals surface area contributed by atoms with Crippen molar-refractivity contribution >= 4 is 17.5 Å². The predicted octanol–water partition coefficient (Wildman–Crippen LogP) is 1.66. The van der Waals surface area contributed by atoms with Crippen LogP contribution in [0.25, 0.3) is 0 Å². The summed E-state index contributed by atoms with van der Waals surface area (Å²) >= 11 is 0. The molecular formula is C19H19N3O2. The Morgan fingerprint density at radius 3 is 2.33 bits per heavy atom. The standard InChI is InChI=1S/C19H19N3O2/c1-2-17(18(21)23)22-19(24)15-10-8-13(9-11-15)6-7-14-4-3-5-16(20)12-14/h3-5,8-12,17H,2,20H2,1H3,(H2,21,23)(H,22,24). The molecule has 0 radical (unpaired) electrons. The summed E-state index contributed by atoms with van der Waals surface area (Å²) in [6.45, 7) is 1.78. The molecule has 0 heterocycles. The fourth-order valence-corrected chi connectivity index (χ4v) is 2.08. The molecule has 0 saturated carbocycles. The molecule has 0 saturated heterocycles. The molecule has 1 unspecified atom stereocenters. The van der Waals surface area contributed by atoms with Crippen molar-refractivity contribution in [2.75, 3.05) is 5.73 Å². The van der Waals surface area contributed by atoms with E-state index >= 15 is 0 Å². The van der Waals surface area contributed by atoms with Gasteiger partial charge in [-0.05, 0) is 48.9 Å². The number of rotatable bonds is 4. The number of nitrogens with one attached hydrogen (secondary N) is 1. The van der Waals surface area contributed by atoms with Crippen LogP contribution in [-0.2, 0) is 4.79 Å². The molecule has 122 valence electrons. The quantitative estimate of drug-likeness (QED) is 0.590. The number of nitrogen functional groups attached to an aromatic ring is 1. The lowest BCUT2D eigenvalue weighted by molar-refractivity contribution is -0.119. The maximum atomic E-state index is 12.1. The zero-order chi connectivity index (χ0) is 17.5. The molecule has 1 atom stereocenters. The second-order valence-electron chi connectivity index (χ2n) is 5.29. The minimum absolute atomic E-state index is 0.337. The van der Waals surface area contributed by atoms with E-state index in [0.29, 0.717) is 17.7 Å². The smallest absolute Gasteiger partial charge is 0.251 e. The highest BCUT2D eigenvalue weighted by molar-refractivity contribution is 5.97. The average Bonchev–Trinajstić information content (AvgIpc) is 2.58. The lowest BCUT2D eigenvalue weighted by Gasteiger charge is -2.13. The number of carbonyl (C=O) groups is 2. The summed E-state index contributed by atoms with van der Waals surface area (Å²) in [5.74, 6) is 5.15. The van der Waals surface area contributed by atoms with E-state index in [4.69, 9.17) is 11.5 Å². The Labute approximate surface area is 141 Å². The fraction of sp³-hybridized carbons (Fsp3) is 0.158. The van der Waals surface area contributed by atoms with E-state index in [1.54, 1.807) is 43.3 Å². The van der Waals surface area contributed by atoms with Crippen molar-refractivity contribution < 1.29 is 9.59 Å². The van der Waals surface area contributed by atoms with Gasteiger partial charge in [-0.25, -0.2) is 0 Å². The van der Waals surface area contributed by atoms with Crippen LogP contribution >= 0.6 is 0 Å². The highest BCUT2D eigenvalue weighted by Crippen LogP contribution is 2.07. The molecule has 2 amide bonds. The molecule has 2 rings (SSSR count). The molecule has 0 bridgehead atoms. The lowest BCUT2D eigenvalue weighted by atomic mass is 10.1. The SMILES string of the molecule is CCC(NC(=O)c1ccc(C#Cc2cccc(N)c2)cc1)C(N)=O. The number of primary amides is 1. The van der Waals surface area contributed by atoms with Gasteiger partial charge in [0.05, 0.1) is 0 Å². The topological polar surface area (TPSA) is 98.2 Å². The number of carbonyl (C=O) groups excluding carboxylic acids is 2. The molecule has 5 nitrogen and oxygen atoms in total. The molecular weight excluding hydrogens is 302 g/mol. The Hall–Kier alpha value is -3.26. The molecule has 2 aromatic rings. The number of benzene rings is 2. The number of amides is 2. The van der Waals surface area contributed by atoms with Crippen LogP contribution in [0.2, 0.25) is 0 Å². The first-order valence-corrected chi connectivity index (χ1v) is 7.57. The minimum atomic E-state index is -0.666. The molecule has 2 aromatic carbocycles. The van der Waals surface area contributed by atoms with Crippen LogP contribution in [0.1, 0.15) is 34.8 Å². The van der Waals surface area contributed by atoms with E-state index in [2.05, 4.69) is 17.2 Å². The van der Waals surface area contributed by atoms with E-state index < -0.39 is 11.9 Å². The van der Waals surface area contributed by atoms with Crippen LogP contribution in [0.4, 0.5) is 5.69 Å². The van der Waals surface area contributed by atoms with Crippen molar-refractivity contribution in [2.45, 2.75) is 19.4 Å². The Morgan fingerprint density at radius 1 is 1.08 bits per heavy atom. The molecule has 0 fully saturated rings. The van der Waals surface area contributed by atoms with Gasteiger partial charge >= 0.3 is 0 Å². The maximum Gasteiger partial charge on any atom is 0.251 e. The largest absolute Gasteiger partial charge is 0.399 e. The Kier molecular flexibility index (Phi) is 5.58. The van der Waals surface area contributed by atoms with Crippen LogP contribution in [0.5, 0.6) is 0 Å². The molecule has 0 aliphatic carbocycles. The monoisotopic (exact) mass is 321 g/mol. The molecule has 5 heteroatoms. The van der Waals surface area contributed by atoms with Crippen LogP contribution in [0, 0.1) is 11.8 Å². The number of nitrogens with two attached hydrogens (primary N) is 2. The molecule has 0 aliphatic rings. The van der Waals surface area contributed by atoms with Gasteiger partial charge in [-0.1, -0.05) is 24.8 Å². The summed E-state index contributed by atoms with van der Waals surface area (Å²) in [5, 5.41) is 2.60. The second kappa shape index (κ2) is 7.84. The van der Waals surface area contributed by atoms with Crippen molar-refractivity contribution in [1.29, 1.82) is 0 Å². The van der Waals surface area contributed by atoms with Crippen LogP contribution < -0.4 is 16.8 Å². The van der Waals surface area contributed by atoms with Crippen LogP contribution in [0.3, 0.4) is 0 Å². The predicted molar refractivity (Wildman–Crippen MR) is 94.0 cm³/mol. The molecule has 0 spiro atoms. The number of hydrogen-bond acceptors (Lipinski definition) is 3. The van der Waals surface area contributed by atoms with Gasteiger partial charge in [0.25, 0.3) is 5.91 Å². The van der Waals surface area contributed by atoms with Crippen LogP contribution in [-0.4, -0.2) is 17.9 Å². The molecule has 24 heavy (non-hydrogen) atoms. The van der Waals surface area contributed by atoms with Crippen molar-refractivity contribution in [3.63, 3.8) is 0 Å². The Bertz CT molecular complexity index is 801. The highest BCUT2D eigenvalue weighted by Gasteiger charge is 2.16. The zero-order valence-corrected chi connectivity index (χ0v) is 13.4. The molecule has 5 N–H and O–H groups in total. The summed E-state index contributed by atoms with van der Waals surface area (Å²) in [5.41, 5.74) is 13.6. The number of hydrogen-bond donors (Lipinski definition) is 3. The van der Waals surface area contributed by atoms with Crippen molar-refractivity contribution in [3.05, 3.63) is 65.2 Å². The van der Waals surface area contributed by atoms with Gasteiger partial charge in [0, 0.05) is 22.4 Å². The summed E-state index contributed by atoms with van der Waals surface area (Å²) in [4.78, 5) is 23.3. The van der Waals surface area contributed by atoms with Gasteiger partial charge in [0.2, 0.25) is 5.91 Å². The average molecular weight is 321 g/mol. The van der Waals surface area contributed by atoms with E-state index in [9.17, 15) is 9.59 Å². The van der Waals surface area contributed by atoms with Crippen LogP contribution in [0.15, 0.2) is 48.5 Å². The van der Waals surface area contributed by atoms with Gasteiger partial charge in [-0.2, -0.15) is 0 Å². The first kappa shape index (κ1) is 17.1. The summed E-state index contributed by atoms with van der Waals surface area (Å²) in [6.07, 6.45) is 0.449. The minimum Gasteiger partial charge on any atom is -0.399 e. The van der Waals surface area contributed by atoms with Gasteiger partial charge in [-0.3, -0.25) is 9.59 Å². The van der Waals surface area contributed by atoms with E-state index in [0.717, 1.165) is 11.1 Å². The Morgan fingerprint density at radius 2 is 1.75 bits per heavy atom. The third-order valence-corrected chi connectivity index (χ3v) is 3.44. The lowest BCUT2D eigenvalue weighted by Crippen LogP contribution is -2.43. The molecule has 0 aliphatic heterocycles. The summed E-state index contributed by atoms with van der Waals surface area (Å²) in [6, 6.07) is 13.5. The van der Waals surface area contributed by atoms with Gasteiger partial charge < -0.3 is 16.8 Å². The summed E-state index contributed by atoms with van der Waals surface area (Å²) in [7, 11) is 0. The highest BCUT2D eigenvalue weighted by atomic mass is 16.2. The first-order valence-electron chi connectivity index (χ1n) is 7.57. The Balaban J connectivity index is 2.08. The van der Waals surface area contributed by atoms with Crippen molar-refractivity contribution in [3.8, 4) is 11.8 Å².